The topological polar surface area (TPSA) is 124 Å². The Hall–Kier alpha value is -3.88. The van der Waals surface area contributed by atoms with Gasteiger partial charge in [0.25, 0.3) is 5.69 Å². The van der Waals surface area contributed by atoms with Gasteiger partial charge in [-0.3, -0.25) is 10.1 Å². The molecular weight excluding hydrogens is 390 g/mol. The molecule has 1 heterocycles. The lowest BCUT2D eigenvalue weighted by Gasteiger charge is -2.27. The Labute approximate surface area is 172 Å². The minimum absolute atomic E-state index is 0.0554. The summed E-state index contributed by atoms with van der Waals surface area (Å²) in [6, 6.07) is 13.3. The number of alkyl carbamates (subject to hydrolysis) is 1. The molecule has 3 aromatic rings. The van der Waals surface area contributed by atoms with Gasteiger partial charge in [-0.15, -0.1) is 0 Å². The first-order valence-electron chi connectivity index (χ1n) is 9.14. The van der Waals surface area contributed by atoms with Gasteiger partial charge in [0, 0.05) is 35.7 Å². The number of ether oxygens (including phenoxy) is 2. The van der Waals surface area contributed by atoms with Gasteiger partial charge >= 0.3 is 12.1 Å². The summed E-state index contributed by atoms with van der Waals surface area (Å²) in [6.07, 6.45) is 1.17. The van der Waals surface area contributed by atoms with Crippen LogP contribution in [0.25, 0.3) is 10.9 Å². The first kappa shape index (κ1) is 20.8. The summed E-state index contributed by atoms with van der Waals surface area (Å²) in [7, 11) is 1.25. The summed E-state index contributed by atoms with van der Waals surface area (Å²) < 4.78 is 10.1. The number of nitro benzene ring substituents is 1. The third-order valence-electron chi connectivity index (χ3n) is 4.75. The van der Waals surface area contributed by atoms with E-state index in [1.807, 2.05) is 24.3 Å². The summed E-state index contributed by atoms with van der Waals surface area (Å²) in [6.45, 7) is 1.46. The van der Waals surface area contributed by atoms with Crippen molar-refractivity contribution in [2.45, 2.75) is 25.5 Å². The van der Waals surface area contributed by atoms with Crippen LogP contribution in [0.3, 0.4) is 0 Å². The normalized spacial score (nSPS) is 12.7. The molecule has 0 bridgehead atoms. The molecule has 156 valence electrons. The number of benzene rings is 2. The Morgan fingerprint density at radius 3 is 2.53 bits per heavy atom. The van der Waals surface area contributed by atoms with Crippen LogP contribution in [0.2, 0.25) is 0 Å². The van der Waals surface area contributed by atoms with E-state index in [9.17, 15) is 19.7 Å². The van der Waals surface area contributed by atoms with Crippen LogP contribution >= 0.6 is 0 Å². The molecule has 9 nitrogen and oxygen atoms in total. The molecule has 1 atom stereocenters. The number of nitrogens with zero attached hydrogens (tertiary/aromatic N) is 1. The number of nitro groups is 1. The maximum Gasteiger partial charge on any atom is 0.408 e. The molecule has 0 radical (unpaired) electrons. The quantitative estimate of drug-likeness (QED) is 0.348. The van der Waals surface area contributed by atoms with E-state index in [0.29, 0.717) is 5.56 Å². The number of nitrogens with one attached hydrogen (secondary N) is 2. The molecule has 3 rings (SSSR count). The van der Waals surface area contributed by atoms with Crippen molar-refractivity contribution in [2.24, 2.45) is 0 Å². The van der Waals surface area contributed by atoms with Crippen molar-refractivity contribution in [2.75, 3.05) is 7.11 Å². The van der Waals surface area contributed by atoms with Crippen molar-refractivity contribution in [1.29, 1.82) is 0 Å². The molecule has 1 amide bonds. The van der Waals surface area contributed by atoms with Crippen LogP contribution in [0.4, 0.5) is 10.5 Å². The number of aromatic amines is 1. The highest BCUT2D eigenvalue weighted by atomic mass is 16.6. The molecular formula is C21H21N3O6. The number of carbonyl (C=O) groups is 2. The highest BCUT2D eigenvalue weighted by Crippen LogP contribution is 2.23. The minimum Gasteiger partial charge on any atom is -0.467 e. The van der Waals surface area contributed by atoms with Crippen LogP contribution in [0.15, 0.2) is 54.7 Å². The SMILES string of the molecule is COC(=O)C(C)(Cc1c[nH]c2ccccc12)NC(=O)OCc1ccc([N+](=O)[O-])cc1. The van der Waals surface area contributed by atoms with Gasteiger partial charge in [0.1, 0.15) is 12.1 Å². The maximum atomic E-state index is 12.4. The van der Waals surface area contributed by atoms with Crippen molar-refractivity contribution in [3.05, 3.63) is 76.0 Å². The number of rotatable bonds is 7. The number of esters is 1. The fourth-order valence-corrected chi connectivity index (χ4v) is 3.18. The van der Waals surface area contributed by atoms with Crippen LogP contribution in [-0.4, -0.2) is 34.6 Å². The van der Waals surface area contributed by atoms with Gasteiger partial charge in [-0.2, -0.15) is 0 Å². The lowest BCUT2D eigenvalue weighted by molar-refractivity contribution is -0.384. The van der Waals surface area contributed by atoms with Gasteiger partial charge in [0.15, 0.2) is 0 Å². The van der Waals surface area contributed by atoms with Gasteiger partial charge in [0.05, 0.1) is 12.0 Å². The molecule has 0 saturated carbocycles. The molecule has 0 aliphatic heterocycles. The van der Waals surface area contributed by atoms with E-state index in [0.717, 1.165) is 16.5 Å². The number of hydrogen-bond acceptors (Lipinski definition) is 6. The van der Waals surface area contributed by atoms with Crippen molar-refractivity contribution in [1.82, 2.24) is 10.3 Å². The van der Waals surface area contributed by atoms with Gasteiger partial charge in [-0.25, -0.2) is 9.59 Å². The second-order valence-electron chi connectivity index (χ2n) is 6.98. The fraction of sp³-hybridized carbons (Fsp3) is 0.238. The summed E-state index contributed by atoms with van der Waals surface area (Å²) in [5.41, 5.74) is 0.925. The van der Waals surface area contributed by atoms with Gasteiger partial charge in [0.2, 0.25) is 0 Å². The zero-order chi connectivity index (χ0) is 21.7. The van der Waals surface area contributed by atoms with Crippen LogP contribution in [0.5, 0.6) is 0 Å². The van der Waals surface area contributed by atoms with E-state index >= 15 is 0 Å². The number of carbonyl (C=O) groups excluding carboxylic acids is 2. The van der Waals surface area contributed by atoms with Crippen molar-refractivity contribution < 1.29 is 24.0 Å². The molecule has 9 heteroatoms. The van der Waals surface area contributed by atoms with Crippen LogP contribution in [0, 0.1) is 10.1 Å². The fourth-order valence-electron chi connectivity index (χ4n) is 3.18. The summed E-state index contributed by atoms with van der Waals surface area (Å²) >= 11 is 0. The van der Waals surface area contributed by atoms with Crippen molar-refractivity contribution in [3.63, 3.8) is 0 Å². The summed E-state index contributed by atoms with van der Waals surface area (Å²) in [5, 5.41) is 14.2. The molecule has 30 heavy (non-hydrogen) atoms. The first-order chi connectivity index (χ1) is 14.3. The largest absolute Gasteiger partial charge is 0.467 e. The smallest absolute Gasteiger partial charge is 0.408 e. The molecule has 0 fully saturated rings. The molecule has 1 unspecified atom stereocenters. The van der Waals surface area contributed by atoms with Gasteiger partial charge in [-0.1, -0.05) is 18.2 Å². The van der Waals surface area contributed by atoms with E-state index < -0.39 is 22.5 Å². The predicted octanol–water partition coefficient (Wildman–Crippen LogP) is 3.48. The molecule has 2 N–H and O–H groups in total. The number of hydrogen-bond donors (Lipinski definition) is 2. The van der Waals surface area contributed by atoms with Crippen LogP contribution in [-0.2, 0) is 27.3 Å². The van der Waals surface area contributed by atoms with Gasteiger partial charge in [-0.05, 0) is 36.2 Å². The molecule has 0 aliphatic carbocycles. The number of amides is 1. The molecule has 0 saturated heterocycles. The zero-order valence-corrected chi connectivity index (χ0v) is 16.5. The lowest BCUT2D eigenvalue weighted by Crippen LogP contribution is -2.54. The number of H-pyrrole nitrogens is 1. The third kappa shape index (κ3) is 4.57. The van der Waals surface area contributed by atoms with E-state index in [1.165, 1.54) is 31.4 Å². The predicted molar refractivity (Wildman–Crippen MR) is 109 cm³/mol. The van der Waals surface area contributed by atoms with E-state index in [2.05, 4.69) is 10.3 Å². The third-order valence-corrected chi connectivity index (χ3v) is 4.75. The Morgan fingerprint density at radius 1 is 1.17 bits per heavy atom. The second kappa shape index (κ2) is 8.64. The zero-order valence-electron chi connectivity index (χ0n) is 16.5. The highest BCUT2D eigenvalue weighted by Gasteiger charge is 2.37. The Morgan fingerprint density at radius 2 is 1.87 bits per heavy atom. The molecule has 2 aromatic carbocycles. The van der Waals surface area contributed by atoms with Crippen molar-refractivity contribution >= 4 is 28.7 Å². The number of methoxy groups -OCH3 is 1. The number of aromatic nitrogens is 1. The minimum atomic E-state index is -1.35. The standard InChI is InChI=1S/C21H21N3O6/c1-21(19(25)29-2,11-15-12-22-18-6-4-3-5-17(15)18)23-20(26)30-13-14-7-9-16(10-8-14)24(27)28/h3-10,12,22H,11,13H2,1-2H3,(H,23,26). The number of non-ortho nitro benzene ring substituents is 1. The summed E-state index contributed by atoms with van der Waals surface area (Å²) in [5.74, 6) is -0.611. The van der Waals surface area contributed by atoms with E-state index in [-0.39, 0.29) is 18.7 Å². The average Bonchev–Trinajstić information content (AvgIpc) is 3.14. The second-order valence-corrected chi connectivity index (χ2v) is 6.98. The van der Waals surface area contributed by atoms with E-state index in [1.54, 1.807) is 13.1 Å². The van der Waals surface area contributed by atoms with Crippen LogP contribution < -0.4 is 5.32 Å². The number of para-hydroxylation sites is 1. The maximum absolute atomic E-state index is 12.4. The molecule has 0 aliphatic rings. The Kier molecular flexibility index (Phi) is 6.01. The molecule has 0 spiro atoms. The molecule has 1 aromatic heterocycles. The summed E-state index contributed by atoms with van der Waals surface area (Å²) in [4.78, 5) is 38.1. The van der Waals surface area contributed by atoms with Crippen LogP contribution in [0.1, 0.15) is 18.1 Å². The number of fused-ring (bicyclic) bond motifs is 1. The highest BCUT2D eigenvalue weighted by molar-refractivity contribution is 5.88. The average molecular weight is 411 g/mol. The Balaban J connectivity index is 1.69. The lowest BCUT2D eigenvalue weighted by atomic mass is 9.92. The van der Waals surface area contributed by atoms with Gasteiger partial charge < -0.3 is 19.8 Å². The first-order valence-corrected chi connectivity index (χ1v) is 9.14. The monoisotopic (exact) mass is 411 g/mol. The van der Waals surface area contributed by atoms with Crippen molar-refractivity contribution in [3.8, 4) is 0 Å². The Bertz CT molecular complexity index is 1080. The van der Waals surface area contributed by atoms with E-state index in [4.69, 9.17) is 9.47 Å².